The van der Waals surface area contributed by atoms with Gasteiger partial charge in [0.15, 0.2) is 11.0 Å². The quantitative estimate of drug-likeness (QED) is 0.475. The van der Waals surface area contributed by atoms with Crippen LogP contribution in [0.1, 0.15) is 19.3 Å². The number of anilines is 1. The van der Waals surface area contributed by atoms with Crippen molar-refractivity contribution in [1.82, 2.24) is 19.7 Å². The van der Waals surface area contributed by atoms with Crippen molar-refractivity contribution in [2.45, 2.75) is 31.0 Å². The maximum Gasteiger partial charge on any atom is 0.244 e. The van der Waals surface area contributed by atoms with E-state index < -0.39 is 0 Å². The first kappa shape index (κ1) is 23.6. The lowest BCUT2D eigenvalue weighted by molar-refractivity contribution is -0.133. The number of thioether (sulfide) groups is 1. The summed E-state index contributed by atoms with van der Waals surface area (Å²) < 4.78 is 6.65. The van der Waals surface area contributed by atoms with Crippen LogP contribution in [0, 0.1) is 0 Å². The number of aromatic nitrogens is 3. The molecule has 0 saturated carbocycles. The van der Waals surface area contributed by atoms with E-state index in [0.717, 1.165) is 32.4 Å². The van der Waals surface area contributed by atoms with Crippen molar-refractivity contribution in [3.8, 4) is 22.9 Å². The number of likely N-dealkylation sites (tertiary alicyclic amines) is 1. The first-order valence-electron chi connectivity index (χ1n) is 11.1. The van der Waals surface area contributed by atoms with E-state index in [1.165, 1.54) is 16.4 Å². The molecule has 0 unspecified atom stereocenters. The summed E-state index contributed by atoms with van der Waals surface area (Å²) in [5.74, 6) is 0.908. The van der Waals surface area contributed by atoms with Gasteiger partial charge >= 0.3 is 0 Å². The second-order valence-corrected chi connectivity index (χ2v) is 8.84. The van der Waals surface area contributed by atoms with Crippen molar-refractivity contribution in [1.29, 1.82) is 0 Å². The molecule has 2 N–H and O–H groups in total. The molecule has 0 spiro atoms. The molecule has 4 rings (SSSR count). The fourth-order valence-corrected chi connectivity index (χ4v) is 4.43. The Morgan fingerprint density at radius 2 is 1.82 bits per heavy atom. The molecule has 1 aliphatic heterocycles. The van der Waals surface area contributed by atoms with E-state index in [4.69, 9.17) is 4.74 Å². The third kappa shape index (κ3) is 5.88. The van der Waals surface area contributed by atoms with Crippen LogP contribution in [-0.4, -0.2) is 62.5 Å². The summed E-state index contributed by atoms with van der Waals surface area (Å²) in [7, 11) is 1.58. The average molecular weight is 482 g/mol. The minimum atomic E-state index is -0.212. The SMILES string of the molecule is COc1ccc(NC(=O)CSc2nc(-c3ccccc3O)nn2CC(=O)N2CCCCC2)cc1. The van der Waals surface area contributed by atoms with Gasteiger partial charge in [0.1, 0.15) is 18.0 Å². The summed E-state index contributed by atoms with van der Waals surface area (Å²) in [5, 5.41) is 18.0. The molecule has 10 heteroatoms. The van der Waals surface area contributed by atoms with Crippen molar-refractivity contribution in [2.75, 3.05) is 31.3 Å². The lowest BCUT2D eigenvalue weighted by atomic mass is 10.1. The minimum absolute atomic E-state index is 0.0297. The Bertz CT molecular complexity index is 1140. The average Bonchev–Trinajstić information content (AvgIpc) is 3.26. The number of piperidine rings is 1. The molecule has 2 aromatic carbocycles. The number of para-hydroxylation sites is 1. The lowest BCUT2D eigenvalue weighted by Crippen LogP contribution is -2.38. The number of benzene rings is 2. The number of rotatable bonds is 8. The number of hydrogen-bond acceptors (Lipinski definition) is 7. The normalized spacial score (nSPS) is 13.5. The van der Waals surface area contributed by atoms with Crippen molar-refractivity contribution >= 4 is 29.3 Å². The molecule has 1 fully saturated rings. The summed E-state index contributed by atoms with van der Waals surface area (Å²) in [4.78, 5) is 31.7. The molecule has 2 amide bonds. The highest BCUT2D eigenvalue weighted by atomic mass is 32.2. The third-order valence-electron chi connectivity index (χ3n) is 5.48. The standard InChI is InChI=1S/C24H27N5O4S/c1-33-18-11-9-17(10-12-18)25-21(31)16-34-24-26-23(19-7-3-4-8-20(19)30)27-29(24)15-22(32)28-13-5-2-6-14-28/h3-4,7-12,30H,2,5-6,13-16H2,1H3,(H,25,31). The number of ether oxygens (including phenoxy) is 1. The highest BCUT2D eigenvalue weighted by Crippen LogP contribution is 2.28. The number of nitrogens with one attached hydrogen (secondary N) is 1. The van der Waals surface area contributed by atoms with Crippen molar-refractivity contribution in [2.24, 2.45) is 0 Å². The zero-order chi connectivity index (χ0) is 23.9. The van der Waals surface area contributed by atoms with Gasteiger partial charge in [0.05, 0.1) is 18.4 Å². The third-order valence-corrected chi connectivity index (χ3v) is 6.45. The monoisotopic (exact) mass is 481 g/mol. The molecule has 178 valence electrons. The number of aromatic hydroxyl groups is 1. The molecule has 0 bridgehead atoms. The molecule has 2 heterocycles. The van der Waals surface area contributed by atoms with Gasteiger partial charge in [-0.25, -0.2) is 9.67 Å². The number of carbonyl (C=O) groups is 2. The van der Waals surface area contributed by atoms with Crippen molar-refractivity contribution < 1.29 is 19.4 Å². The second kappa shape index (κ2) is 11.1. The Morgan fingerprint density at radius 1 is 1.09 bits per heavy atom. The number of phenols is 1. The van der Waals surface area contributed by atoms with E-state index in [1.807, 2.05) is 4.90 Å². The van der Waals surface area contributed by atoms with E-state index in [0.29, 0.717) is 28.0 Å². The number of amides is 2. The largest absolute Gasteiger partial charge is 0.507 e. The van der Waals surface area contributed by atoms with Crippen LogP contribution < -0.4 is 10.1 Å². The van der Waals surface area contributed by atoms with E-state index in [2.05, 4.69) is 15.4 Å². The minimum Gasteiger partial charge on any atom is -0.507 e. The number of methoxy groups -OCH3 is 1. The number of carbonyl (C=O) groups excluding carboxylic acids is 2. The maximum absolute atomic E-state index is 12.9. The lowest BCUT2D eigenvalue weighted by Gasteiger charge is -2.26. The van der Waals surface area contributed by atoms with Crippen LogP contribution in [0.15, 0.2) is 53.7 Å². The van der Waals surface area contributed by atoms with Crippen molar-refractivity contribution in [3.05, 3.63) is 48.5 Å². The van der Waals surface area contributed by atoms with Gasteiger partial charge in [0, 0.05) is 18.8 Å². The summed E-state index contributed by atoms with van der Waals surface area (Å²) in [6.07, 6.45) is 3.13. The predicted molar refractivity (Wildman–Crippen MR) is 130 cm³/mol. The smallest absolute Gasteiger partial charge is 0.244 e. The predicted octanol–water partition coefficient (Wildman–Crippen LogP) is 3.40. The molecule has 34 heavy (non-hydrogen) atoms. The molecule has 1 aliphatic rings. The molecule has 0 atom stereocenters. The van der Waals surface area contributed by atoms with Crippen molar-refractivity contribution in [3.63, 3.8) is 0 Å². The zero-order valence-electron chi connectivity index (χ0n) is 18.9. The maximum atomic E-state index is 12.9. The zero-order valence-corrected chi connectivity index (χ0v) is 19.8. The summed E-state index contributed by atoms with van der Waals surface area (Å²) in [6.45, 7) is 1.52. The molecule has 0 radical (unpaired) electrons. The van der Waals surface area contributed by atoms with Gasteiger partial charge in [0.25, 0.3) is 0 Å². The first-order valence-corrected chi connectivity index (χ1v) is 12.1. The van der Waals surface area contributed by atoms with E-state index in [-0.39, 0.29) is 29.9 Å². The number of phenolic OH excluding ortho intramolecular Hbond substituents is 1. The summed E-state index contributed by atoms with van der Waals surface area (Å²) >= 11 is 1.19. The Morgan fingerprint density at radius 3 is 2.53 bits per heavy atom. The van der Waals surface area contributed by atoms with Crippen LogP contribution in [0.3, 0.4) is 0 Å². The van der Waals surface area contributed by atoms with Crippen LogP contribution in [0.25, 0.3) is 11.4 Å². The van der Waals surface area contributed by atoms with Crippen LogP contribution in [0.4, 0.5) is 5.69 Å². The Labute approximate surface area is 202 Å². The Kier molecular flexibility index (Phi) is 7.69. The van der Waals surface area contributed by atoms with Crippen LogP contribution in [0.5, 0.6) is 11.5 Å². The fourth-order valence-electron chi connectivity index (χ4n) is 3.69. The fraction of sp³-hybridized carbons (Fsp3) is 0.333. The van der Waals surface area contributed by atoms with E-state index in [9.17, 15) is 14.7 Å². The number of nitrogens with zero attached hydrogens (tertiary/aromatic N) is 4. The van der Waals surface area contributed by atoms with Crippen LogP contribution in [-0.2, 0) is 16.1 Å². The summed E-state index contributed by atoms with van der Waals surface area (Å²) in [6, 6.07) is 13.8. The molecular weight excluding hydrogens is 454 g/mol. The topological polar surface area (TPSA) is 110 Å². The molecule has 3 aromatic rings. The second-order valence-electron chi connectivity index (χ2n) is 7.90. The molecule has 1 saturated heterocycles. The highest BCUT2D eigenvalue weighted by molar-refractivity contribution is 7.99. The first-order chi connectivity index (χ1) is 16.5. The highest BCUT2D eigenvalue weighted by Gasteiger charge is 2.21. The van der Waals surface area contributed by atoms with E-state index >= 15 is 0 Å². The molecular formula is C24H27N5O4S. The van der Waals surface area contributed by atoms with Gasteiger partial charge in [0.2, 0.25) is 11.8 Å². The Balaban J connectivity index is 1.48. The van der Waals surface area contributed by atoms with Gasteiger partial charge in [-0.2, -0.15) is 0 Å². The molecule has 1 aromatic heterocycles. The Hall–Kier alpha value is -3.53. The van der Waals surface area contributed by atoms with E-state index in [1.54, 1.807) is 55.6 Å². The van der Waals surface area contributed by atoms with Crippen LogP contribution in [0.2, 0.25) is 0 Å². The van der Waals surface area contributed by atoms with Gasteiger partial charge < -0.3 is 20.1 Å². The van der Waals surface area contributed by atoms with Gasteiger partial charge in [-0.05, 0) is 55.7 Å². The number of hydrogen-bond donors (Lipinski definition) is 2. The van der Waals surface area contributed by atoms with Gasteiger partial charge in [-0.15, -0.1) is 5.10 Å². The molecule has 9 nitrogen and oxygen atoms in total. The van der Waals surface area contributed by atoms with Gasteiger partial charge in [-0.3, -0.25) is 9.59 Å². The molecule has 0 aliphatic carbocycles. The summed E-state index contributed by atoms with van der Waals surface area (Å²) in [5.41, 5.74) is 1.12. The van der Waals surface area contributed by atoms with Gasteiger partial charge in [-0.1, -0.05) is 23.9 Å². The van der Waals surface area contributed by atoms with Crippen LogP contribution >= 0.6 is 11.8 Å².